The number of carbonyl (C=O) groups excluding carboxylic acids is 1. The molecule has 0 unspecified atom stereocenters. The zero-order chi connectivity index (χ0) is 16.7. The molecule has 2 fully saturated rings. The summed E-state index contributed by atoms with van der Waals surface area (Å²) in [5, 5.41) is 38.7. The Labute approximate surface area is 127 Å². The fourth-order valence-corrected chi connectivity index (χ4v) is 2.72. The van der Waals surface area contributed by atoms with Crippen LogP contribution in [0.3, 0.4) is 0 Å². The topological polar surface area (TPSA) is 152 Å². The summed E-state index contributed by atoms with van der Waals surface area (Å²) in [4.78, 5) is 11.9. The van der Waals surface area contributed by atoms with E-state index in [4.69, 9.17) is 25.1 Å². The van der Waals surface area contributed by atoms with Crippen LogP contribution >= 0.6 is 0 Å². The van der Waals surface area contributed by atoms with Gasteiger partial charge >= 0.3 is 0 Å². The van der Waals surface area contributed by atoms with E-state index in [-0.39, 0.29) is 12.2 Å². The molecule has 6 N–H and O–H groups in total. The molecule has 0 bridgehead atoms. The van der Waals surface area contributed by atoms with E-state index < -0.39 is 55.2 Å². The van der Waals surface area contributed by atoms with Crippen molar-refractivity contribution in [2.75, 3.05) is 6.61 Å². The fourth-order valence-electron chi connectivity index (χ4n) is 2.72. The van der Waals surface area contributed by atoms with E-state index in [1.165, 1.54) is 6.92 Å². The van der Waals surface area contributed by atoms with Crippen LogP contribution in [0, 0.1) is 0 Å². The largest absolute Gasteiger partial charge is 0.394 e. The third kappa shape index (κ3) is 3.31. The molecule has 2 rings (SSSR count). The molecule has 22 heavy (non-hydrogen) atoms. The van der Waals surface area contributed by atoms with Crippen LogP contribution in [0.2, 0.25) is 0 Å². The second-order valence-electron chi connectivity index (χ2n) is 6.02. The Bertz CT molecular complexity index is 417. The third-order valence-electron chi connectivity index (χ3n) is 4.03. The second kappa shape index (κ2) is 6.46. The van der Waals surface area contributed by atoms with Gasteiger partial charge in [-0.05, 0) is 13.8 Å². The molecule has 2 heterocycles. The van der Waals surface area contributed by atoms with Crippen molar-refractivity contribution in [1.82, 2.24) is 0 Å². The minimum absolute atomic E-state index is 0.0334. The van der Waals surface area contributed by atoms with Crippen molar-refractivity contribution in [2.45, 2.75) is 68.9 Å². The lowest BCUT2D eigenvalue weighted by molar-refractivity contribution is -0.330. The molecular weight excluding hydrogens is 298 g/mol. The van der Waals surface area contributed by atoms with Gasteiger partial charge in [0.05, 0.1) is 12.1 Å². The molecule has 2 aliphatic rings. The molecule has 9 nitrogen and oxygen atoms in total. The Morgan fingerprint density at radius 1 is 1.32 bits per heavy atom. The van der Waals surface area contributed by atoms with Crippen molar-refractivity contribution >= 4 is 5.78 Å². The maximum atomic E-state index is 11.9. The summed E-state index contributed by atoms with van der Waals surface area (Å²) >= 11 is 0. The van der Waals surface area contributed by atoms with Crippen molar-refractivity contribution in [3.8, 4) is 0 Å². The summed E-state index contributed by atoms with van der Waals surface area (Å²) < 4.78 is 15.8. The van der Waals surface area contributed by atoms with Crippen LogP contribution < -0.4 is 5.73 Å². The van der Waals surface area contributed by atoms with Gasteiger partial charge in [-0.3, -0.25) is 4.79 Å². The maximum Gasteiger partial charge on any atom is 0.184 e. The maximum absolute atomic E-state index is 11.9. The first-order chi connectivity index (χ1) is 10.2. The van der Waals surface area contributed by atoms with Gasteiger partial charge in [0.2, 0.25) is 0 Å². The number of aliphatic hydroxyl groups is 4. The summed E-state index contributed by atoms with van der Waals surface area (Å²) in [5.74, 6) is -0.270. The predicted molar refractivity (Wildman–Crippen MR) is 71.4 cm³/mol. The predicted octanol–water partition coefficient (Wildman–Crippen LogP) is -2.78. The fraction of sp³-hybridized carbons (Fsp3) is 0.923. The SMILES string of the molecule is C[C@@H]1O[C@@H](O[C@@H]2[C@@H](O)[C@H](O)[C@@H](CO)O[C@H]2O)C[C@](C)(N)C1=O. The molecule has 9 heteroatoms. The van der Waals surface area contributed by atoms with E-state index in [1.54, 1.807) is 6.92 Å². The van der Waals surface area contributed by atoms with Crippen molar-refractivity contribution in [3.05, 3.63) is 0 Å². The number of ketones is 1. The Kier molecular flexibility index (Phi) is 5.20. The summed E-state index contributed by atoms with van der Waals surface area (Å²) in [6.45, 7) is 2.52. The number of nitrogens with two attached hydrogens (primary N) is 1. The van der Waals surface area contributed by atoms with Crippen molar-refractivity contribution in [2.24, 2.45) is 5.73 Å². The quantitative estimate of drug-likeness (QED) is 0.372. The average Bonchev–Trinajstić information content (AvgIpc) is 2.44. The first-order valence-corrected chi connectivity index (χ1v) is 7.12. The Balaban J connectivity index is 2.05. The molecule has 0 aliphatic carbocycles. The van der Waals surface area contributed by atoms with Crippen LogP contribution in [0.5, 0.6) is 0 Å². The molecule has 128 valence electrons. The zero-order valence-corrected chi connectivity index (χ0v) is 12.5. The normalized spacial score (nSPS) is 50.1. The third-order valence-corrected chi connectivity index (χ3v) is 4.03. The number of hydrogen-bond acceptors (Lipinski definition) is 9. The van der Waals surface area contributed by atoms with Gasteiger partial charge < -0.3 is 40.4 Å². The Hall–Kier alpha value is -0.650. The lowest BCUT2D eigenvalue weighted by Gasteiger charge is -2.43. The highest BCUT2D eigenvalue weighted by molar-refractivity contribution is 5.91. The van der Waals surface area contributed by atoms with E-state index in [1.807, 2.05) is 0 Å². The Morgan fingerprint density at radius 2 is 1.95 bits per heavy atom. The lowest BCUT2D eigenvalue weighted by atomic mass is 9.88. The first kappa shape index (κ1) is 17.7. The standard InChI is InChI=1S/C13H23NO8/c1-5-11(18)13(2,14)3-7(20-5)22-10-9(17)8(16)6(4-15)21-12(10)19/h5-10,12,15-17,19H,3-4,14H2,1-2H3/t5-,6+,7-,8+,9-,10+,12+,13-/m0/s1. The van der Waals surface area contributed by atoms with E-state index in [0.717, 1.165) is 0 Å². The van der Waals surface area contributed by atoms with Gasteiger partial charge in [0.1, 0.15) is 30.5 Å². The number of aliphatic hydroxyl groups excluding tert-OH is 4. The summed E-state index contributed by atoms with van der Waals surface area (Å²) in [5.41, 5.74) is 4.75. The molecular formula is C13H23NO8. The average molecular weight is 321 g/mol. The smallest absolute Gasteiger partial charge is 0.184 e. The van der Waals surface area contributed by atoms with Gasteiger partial charge in [0.25, 0.3) is 0 Å². The first-order valence-electron chi connectivity index (χ1n) is 7.12. The van der Waals surface area contributed by atoms with Gasteiger partial charge in [-0.1, -0.05) is 0 Å². The Morgan fingerprint density at radius 3 is 2.50 bits per heavy atom. The minimum atomic E-state index is -1.56. The van der Waals surface area contributed by atoms with E-state index >= 15 is 0 Å². The van der Waals surface area contributed by atoms with Crippen LogP contribution in [0.1, 0.15) is 20.3 Å². The van der Waals surface area contributed by atoms with Gasteiger partial charge in [-0.15, -0.1) is 0 Å². The van der Waals surface area contributed by atoms with Gasteiger partial charge in [-0.2, -0.15) is 0 Å². The highest BCUT2D eigenvalue weighted by Gasteiger charge is 2.48. The molecule has 0 aromatic carbocycles. The number of carbonyl (C=O) groups is 1. The molecule has 2 saturated heterocycles. The molecule has 0 spiro atoms. The van der Waals surface area contributed by atoms with Crippen LogP contribution in [0.4, 0.5) is 0 Å². The molecule has 0 aromatic heterocycles. The van der Waals surface area contributed by atoms with Gasteiger partial charge in [-0.25, -0.2) is 0 Å². The molecule has 2 aliphatic heterocycles. The highest BCUT2D eigenvalue weighted by Crippen LogP contribution is 2.29. The second-order valence-corrected chi connectivity index (χ2v) is 6.02. The van der Waals surface area contributed by atoms with Crippen LogP contribution in [0.15, 0.2) is 0 Å². The molecule has 8 atom stereocenters. The van der Waals surface area contributed by atoms with E-state index in [2.05, 4.69) is 0 Å². The number of ether oxygens (including phenoxy) is 3. The number of hydrogen-bond donors (Lipinski definition) is 5. The monoisotopic (exact) mass is 321 g/mol. The van der Waals surface area contributed by atoms with Gasteiger partial charge in [0.15, 0.2) is 18.4 Å². The molecule has 0 radical (unpaired) electrons. The minimum Gasteiger partial charge on any atom is -0.394 e. The van der Waals surface area contributed by atoms with E-state index in [9.17, 15) is 20.1 Å². The molecule has 0 saturated carbocycles. The van der Waals surface area contributed by atoms with Gasteiger partial charge in [0, 0.05) is 6.42 Å². The summed E-state index contributed by atoms with van der Waals surface area (Å²) in [6, 6.07) is 0. The lowest BCUT2D eigenvalue weighted by Crippen LogP contribution is -2.62. The van der Waals surface area contributed by atoms with Crippen LogP contribution in [0.25, 0.3) is 0 Å². The summed E-state index contributed by atoms with van der Waals surface area (Å²) in [7, 11) is 0. The van der Waals surface area contributed by atoms with Crippen LogP contribution in [-0.4, -0.2) is 81.5 Å². The van der Waals surface area contributed by atoms with Crippen molar-refractivity contribution in [3.63, 3.8) is 0 Å². The highest BCUT2D eigenvalue weighted by atomic mass is 16.7. The number of Topliss-reactive ketones (excluding diaryl/α,β-unsaturated/α-hetero) is 1. The molecule has 0 aromatic rings. The van der Waals surface area contributed by atoms with E-state index in [0.29, 0.717) is 0 Å². The van der Waals surface area contributed by atoms with Crippen LogP contribution in [-0.2, 0) is 19.0 Å². The summed E-state index contributed by atoms with van der Waals surface area (Å²) in [6.07, 6.45) is -8.58. The van der Waals surface area contributed by atoms with Crippen molar-refractivity contribution < 1.29 is 39.4 Å². The molecule has 0 amide bonds. The van der Waals surface area contributed by atoms with Crippen molar-refractivity contribution in [1.29, 1.82) is 0 Å². The number of rotatable bonds is 3. The zero-order valence-electron chi connectivity index (χ0n) is 12.5.